The van der Waals surface area contributed by atoms with Crippen molar-refractivity contribution in [2.24, 2.45) is 5.41 Å². The number of carbonyl (C=O) groups is 2. The van der Waals surface area contributed by atoms with E-state index in [4.69, 9.17) is 4.74 Å². The Hall–Kier alpha value is -2.82. The van der Waals surface area contributed by atoms with Crippen LogP contribution in [0.2, 0.25) is 0 Å². The summed E-state index contributed by atoms with van der Waals surface area (Å²) in [5.41, 5.74) is 0.456. The van der Waals surface area contributed by atoms with Gasteiger partial charge in [0.1, 0.15) is 17.8 Å². The zero-order valence-electron chi connectivity index (χ0n) is 16.0. The molecule has 0 aliphatic heterocycles. The SMILES string of the molecule is CC(C)(C)NC(=O)C1(C(=O)Nc2ccc(OCc3ccccc3)cc2)CC1. The predicted octanol–water partition coefficient (Wildman–Crippen LogP) is 3.90. The van der Waals surface area contributed by atoms with Crippen LogP contribution >= 0.6 is 0 Å². The van der Waals surface area contributed by atoms with Crippen LogP contribution in [0, 0.1) is 5.41 Å². The van der Waals surface area contributed by atoms with Crippen molar-refractivity contribution in [1.82, 2.24) is 5.32 Å². The van der Waals surface area contributed by atoms with Crippen molar-refractivity contribution in [3.8, 4) is 5.75 Å². The van der Waals surface area contributed by atoms with Gasteiger partial charge in [0.2, 0.25) is 11.8 Å². The Balaban J connectivity index is 1.56. The minimum atomic E-state index is -0.935. The number of hydrogen-bond donors (Lipinski definition) is 2. The molecule has 0 unspecified atom stereocenters. The first-order valence-electron chi connectivity index (χ1n) is 9.19. The third-order valence-corrected chi connectivity index (χ3v) is 4.47. The molecule has 142 valence electrons. The van der Waals surface area contributed by atoms with E-state index in [0.717, 1.165) is 11.3 Å². The third kappa shape index (κ3) is 4.88. The zero-order chi connectivity index (χ0) is 19.5. The standard InChI is InChI=1S/C22H26N2O3/c1-21(2,3)24-20(26)22(13-14-22)19(25)23-17-9-11-18(12-10-17)27-15-16-7-5-4-6-8-16/h4-12H,13-15H2,1-3H3,(H,23,25)(H,24,26). The van der Waals surface area contributed by atoms with Crippen LogP contribution in [0.3, 0.4) is 0 Å². The van der Waals surface area contributed by atoms with E-state index in [9.17, 15) is 9.59 Å². The van der Waals surface area contributed by atoms with Gasteiger partial charge in [0.05, 0.1) is 0 Å². The van der Waals surface area contributed by atoms with Crippen LogP contribution in [0.5, 0.6) is 5.75 Å². The summed E-state index contributed by atoms with van der Waals surface area (Å²) in [6.45, 7) is 6.22. The summed E-state index contributed by atoms with van der Waals surface area (Å²) in [5, 5.41) is 5.77. The van der Waals surface area contributed by atoms with Gasteiger partial charge < -0.3 is 15.4 Å². The maximum absolute atomic E-state index is 12.6. The fourth-order valence-corrected chi connectivity index (χ4v) is 2.77. The number of hydrogen-bond acceptors (Lipinski definition) is 3. The zero-order valence-corrected chi connectivity index (χ0v) is 16.0. The van der Waals surface area contributed by atoms with Crippen LogP contribution in [-0.2, 0) is 16.2 Å². The molecule has 0 atom stereocenters. The molecule has 3 rings (SSSR count). The molecule has 0 aromatic heterocycles. The molecule has 27 heavy (non-hydrogen) atoms. The lowest BCUT2D eigenvalue weighted by atomic mass is 10.0. The van der Waals surface area contributed by atoms with E-state index >= 15 is 0 Å². The molecule has 0 bridgehead atoms. The number of ether oxygens (including phenoxy) is 1. The van der Waals surface area contributed by atoms with Gasteiger partial charge in [0.25, 0.3) is 0 Å². The van der Waals surface area contributed by atoms with E-state index in [-0.39, 0.29) is 17.4 Å². The first-order valence-corrected chi connectivity index (χ1v) is 9.19. The molecular formula is C22H26N2O3. The lowest BCUT2D eigenvalue weighted by molar-refractivity contribution is -0.135. The van der Waals surface area contributed by atoms with Gasteiger partial charge in [0, 0.05) is 11.2 Å². The van der Waals surface area contributed by atoms with E-state index in [1.54, 1.807) is 12.1 Å². The van der Waals surface area contributed by atoms with E-state index in [0.29, 0.717) is 25.1 Å². The molecule has 0 radical (unpaired) electrons. The Labute approximate surface area is 160 Å². The van der Waals surface area contributed by atoms with Crippen molar-refractivity contribution >= 4 is 17.5 Å². The van der Waals surface area contributed by atoms with Gasteiger partial charge in [-0.3, -0.25) is 9.59 Å². The second-order valence-electron chi connectivity index (χ2n) is 8.04. The first-order chi connectivity index (χ1) is 12.8. The van der Waals surface area contributed by atoms with Crippen molar-refractivity contribution in [3.05, 3.63) is 60.2 Å². The average molecular weight is 366 g/mol. The molecule has 1 aliphatic carbocycles. The van der Waals surface area contributed by atoms with Crippen molar-refractivity contribution < 1.29 is 14.3 Å². The van der Waals surface area contributed by atoms with Crippen LogP contribution in [0.4, 0.5) is 5.69 Å². The van der Waals surface area contributed by atoms with Gasteiger partial charge >= 0.3 is 0 Å². The fraction of sp³-hybridized carbons (Fsp3) is 0.364. The number of carbonyl (C=O) groups excluding carboxylic acids is 2. The van der Waals surface area contributed by atoms with E-state index in [2.05, 4.69) is 10.6 Å². The molecule has 2 amide bonds. The molecule has 2 N–H and O–H groups in total. The van der Waals surface area contributed by atoms with Crippen LogP contribution in [0.25, 0.3) is 0 Å². The van der Waals surface area contributed by atoms with Crippen LogP contribution in [0.1, 0.15) is 39.2 Å². The summed E-state index contributed by atoms with van der Waals surface area (Å²) >= 11 is 0. The number of anilines is 1. The summed E-state index contributed by atoms with van der Waals surface area (Å²) in [6.07, 6.45) is 1.16. The molecule has 1 saturated carbocycles. The second kappa shape index (κ2) is 7.43. The smallest absolute Gasteiger partial charge is 0.240 e. The van der Waals surface area contributed by atoms with Crippen LogP contribution in [0.15, 0.2) is 54.6 Å². The topological polar surface area (TPSA) is 67.4 Å². The minimum absolute atomic E-state index is 0.199. The molecular weight excluding hydrogens is 340 g/mol. The highest BCUT2D eigenvalue weighted by Crippen LogP contribution is 2.47. The highest BCUT2D eigenvalue weighted by molar-refractivity contribution is 6.13. The molecule has 1 fully saturated rings. The number of amides is 2. The monoisotopic (exact) mass is 366 g/mol. The predicted molar refractivity (Wildman–Crippen MR) is 105 cm³/mol. The highest BCUT2D eigenvalue weighted by atomic mass is 16.5. The molecule has 2 aromatic carbocycles. The second-order valence-corrected chi connectivity index (χ2v) is 8.04. The van der Waals surface area contributed by atoms with Gasteiger partial charge in [-0.25, -0.2) is 0 Å². The van der Waals surface area contributed by atoms with Crippen molar-refractivity contribution in [2.75, 3.05) is 5.32 Å². The molecule has 0 spiro atoms. The summed E-state index contributed by atoms with van der Waals surface area (Å²) in [4.78, 5) is 25.1. The number of benzene rings is 2. The quantitative estimate of drug-likeness (QED) is 0.762. The lowest BCUT2D eigenvalue weighted by Gasteiger charge is -2.24. The Kier molecular flexibility index (Phi) is 5.22. The van der Waals surface area contributed by atoms with Crippen molar-refractivity contribution in [1.29, 1.82) is 0 Å². The fourth-order valence-electron chi connectivity index (χ4n) is 2.77. The van der Waals surface area contributed by atoms with Crippen LogP contribution in [-0.4, -0.2) is 17.4 Å². The summed E-state index contributed by atoms with van der Waals surface area (Å²) in [7, 11) is 0. The maximum Gasteiger partial charge on any atom is 0.240 e. The lowest BCUT2D eigenvalue weighted by Crippen LogP contribution is -2.48. The summed E-state index contributed by atoms with van der Waals surface area (Å²) in [5.74, 6) is 0.279. The van der Waals surface area contributed by atoms with Gasteiger partial charge in [-0.1, -0.05) is 30.3 Å². The van der Waals surface area contributed by atoms with E-state index in [1.807, 2.05) is 63.2 Å². The molecule has 2 aromatic rings. The Morgan fingerprint density at radius 1 is 0.963 bits per heavy atom. The molecule has 5 heteroatoms. The Morgan fingerprint density at radius 3 is 2.15 bits per heavy atom. The summed E-state index contributed by atoms with van der Waals surface area (Å²) < 4.78 is 5.75. The van der Waals surface area contributed by atoms with Crippen molar-refractivity contribution in [2.45, 2.75) is 45.8 Å². The first kappa shape index (κ1) is 19.0. The van der Waals surface area contributed by atoms with Gasteiger partial charge in [0.15, 0.2) is 0 Å². The molecule has 0 heterocycles. The Bertz CT molecular complexity index is 804. The number of rotatable bonds is 6. The molecule has 1 aliphatic rings. The summed E-state index contributed by atoms with van der Waals surface area (Å²) in [6, 6.07) is 17.1. The van der Waals surface area contributed by atoms with Crippen LogP contribution < -0.4 is 15.4 Å². The maximum atomic E-state index is 12.6. The average Bonchev–Trinajstić information content (AvgIpc) is 3.43. The van der Waals surface area contributed by atoms with E-state index < -0.39 is 5.41 Å². The van der Waals surface area contributed by atoms with Gasteiger partial charge in [-0.2, -0.15) is 0 Å². The van der Waals surface area contributed by atoms with Gasteiger partial charge in [-0.05, 0) is 63.4 Å². The van der Waals surface area contributed by atoms with Crippen molar-refractivity contribution in [3.63, 3.8) is 0 Å². The largest absolute Gasteiger partial charge is 0.489 e. The minimum Gasteiger partial charge on any atom is -0.489 e. The van der Waals surface area contributed by atoms with E-state index in [1.165, 1.54) is 0 Å². The van der Waals surface area contributed by atoms with Gasteiger partial charge in [-0.15, -0.1) is 0 Å². The third-order valence-electron chi connectivity index (χ3n) is 4.47. The highest BCUT2D eigenvalue weighted by Gasteiger charge is 2.57. The molecule has 0 saturated heterocycles. The molecule has 5 nitrogen and oxygen atoms in total. The Morgan fingerprint density at radius 2 is 1.59 bits per heavy atom. The normalized spacial score (nSPS) is 14.9. The number of nitrogens with one attached hydrogen (secondary N) is 2.